The lowest BCUT2D eigenvalue weighted by Gasteiger charge is -2.11. The minimum atomic E-state index is 0.0121. The molecule has 23 heavy (non-hydrogen) atoms. The van der Waals surface area contributed by atoms with Crippen LogP contribution in [0.15, 0.2) is 42.2 Å². The van der Waals surface area contributed by atoms with E-state index in [0.29, 0.717) is 42.4 Å². The molecule has 0 fully saturated rings. The van der Waals surface area contributed by atoms with Gasteiger partial charge in [0, 0.05) is 23.8 Å². The molecule has 7 nitrogen and oxygen atoms in total. The maximum atomic E-state index is 10.6. The lowest BCUT2D eigenvalue weighted by Crippen LogP contribution is -2.17. The zero-order chi connectivity index (χ0) is 16.7. The number of nitrogens with zero attached hydrogens (tertiary/aromatic N) is 1. The molecule has 1 aliphatic rings. The van der Waals surface area contributed by atoms with E-state index in [2.05, 4.69) is 5.48 Å². The number of hydrogen-bond acceptors (Lipinski definition) is 6. The molecule has 4 N–H and O–H groups in total. The van der Waals surface area contributed by atoms with Crippen molar-refractivity contribution in [2.75, 3.05) is 25.8 Å². The molecule has 0 aromatic heterocycles. The molecule has 1 aromatic rings. The van der Waals surface area contributed by atoms with Gasteiger partial charge >= 0.3 is 5.69 Å². The number of allylic oxidation sites excluding steroid dienone is 4. The summed E-state index contributed by atoms with van der Waals surface area (Å²) in [6.45, 7) is 0.304. The van der Waals surface area contributed by atoms with Gasteiger partial charge in [0.15, 0.2) is 5.75 Å². The molecule has 0 saturated carbocycles. The zero-order valence-electron chi connectivity index (χ0n) is 12.9. The molecular weight excluding hydrogens is 300 g/mol. The lowest BCUT2D eigenvalue weighted by molar-refractivity contribution is -0.712. The molecule has 0 heterocycles. The highest BCUT2D eigenvalue weighted by atomic mass is 16.5. The van der Waals surface area contributed by atoms with E-state index in [4.69, 9.17) is 14.6 Å². The smallest absolute Gasteiger partial charge is 0.324 e. The second-order valence-electron chi connectivity index (χ2n) is 4.87. The molecule has 0 radical (unpaired) electrons. The van der Waals surface area contributed by atoms with E-state index in [0.717, 1.165) is 4.74 Å². The van der Waals surface area contributed by atoms with Crippen molar-refractivity contribution in [3.05, 3.63) is 42.2 Å². The molecule has 1 aromatic carbocycles. The van der Waals surface area contributed by atoms with Gasteiger partial charge in [-0.3, -0.25) is 15.9 Å². The minimum absolute atomic E-state index is 0.0121. The number of ether oxygens (including phenoxy) is 2. The zero-order valence-corrected chi connectivity index (χ0v) is 12.9. The second kappa shape index (κ2) is 8.21. The number of anilines is 1. The van der Waals surface area contributed by atoms with Gasteiger partial charge in [-0.1, -0.05) is 12.1 Å². The Hall–Kier alpha value is -2.51. The Balaban J connectivity index is 2.40. The number of benzene rings is 1. The minimum Gasteiger partial charge on any atom is -0.501 e. The van der Waals surface area contributed by atoms with Crippen molar-refractivity contribution in [2.24, 2.45) is 0 Å². The topological polar surface area (TPSA) is 94.2 Å². The van der Waals surface area contributed by atoms with Crippen molar-refractivity contribution in [1.82, 2.24) is 0 Å². The van der Waals surface area contributed by atoms with Crippen LogP contribution in [0.5, 0.6) is 5.75 Å². The first kappa shape index (κ1) is 16.9. The average Bonchev–Trinajstić information content (AvgIpc) is 2.61. The third-order valence-electron chi connectivity index (χ3n) is 3.35. The van der Waals surface area contributed by atoms with Crippen molar-refractivity contribution >= 4 is 17.1 Å². The molecule has 7 heteroatoms. The van der Waals surface area contributed by atoms with Crippen LogP contribution in [0.3, 0.4) is 0 Å². The highest BCUT2D eigenvalue weighted by Crippen LogP contribution is 2.35. The van der Waals surface area contributed by atoms with Gasteiger partial charge in [-0.15, -0.1) is 0 Å². The highest BCUT2D eigenvalue weighted by Gasteiger charge is 2.27. The van der Waals surface area contributed by atoms with Crippen LogP contribution >= 0.6 is 0 Å². The molecule has 0 aliphatic heterocycles. The van der Waals surface area contributed by atoms with E-state index in [-0.39, 0.29) is 12.3 Å². The highest BCUT2D eigenvalue weighted by molar-refractivity contribution is 5.94. The van der Waals surface area contributed by atoms with E-state index < -0.39 is 0 Å². The Bertz CT molecular complexity index is 637. The van der Waals surface area contributed by atoms with Crippen molar-refractivity contribution in [1.29, 1.82) is 0 Å². The van der Waals surface area contributed by atoms with Gasteiger partial charge < -0.3 is 14.6 Å². The Kier molecular flexibility index (Phi) is 6.02. The Morgan fingerprint density at radius 1 is 1.35 bits per heavy atom. The lowest BCUT2D eigenvalue weighted by atomic mass is 10.1. The first-order chi connectivity index (χ1) is 11.2. The van der Waals surface area contributed by atoms with Crippen LogP contribution in [0.25, 0.3) is 0 Å². The van der Waals surface area contributed by atoms with E-state index >= 15 is 0 Å². The van der Waals surface area contributed by atoms with E-state index in [1.807, 2.05) is 6.08 Å². The third kappa shape index (κ3) is 4.02. The quantitative estimate of drug-likeness (QED) is 0.266. The Morgan fingerprint density at radius 2 is 2.17 bits per heavy atom. The third-order valence-corrected chi connectivity index (χ3v) is 3.35. The van der Waals surface area contributed by atoms with Crippen LogP contribution in [0.1, 0.15) is 12.8 Å². The summed E-state index contributed by atoms with van der Waals surface area (Å²) in [6, 6.07) is 4.97. The van der Waals surface area contributed by atoms with Crippen LogP contribution in [-0.2, 0) is 4.74 Å². The number of aliphatic hydroxyl groups is 1. The van der Waals surface area contributed by atoms with Crippen molar-refractivity contribution < 1.29 is 29.7 Å². The molecule has 0 atom stereocenters. The van der Waals surface area contributed by atoms with Crippen LogP contribution in [0, 0.1) is 0 Å². The SMILES string of the molecule is COC1=CC=C/C(=[N+](\O)c2c(NO)cccc2OCCCO)C1. The standard InChI is InChI=1S/C16H21N2O5/c1-22-13-6-2-5-12(11-13)18(21)16-14(17-20)7-3-8-15(16)23-10-4-9-19/h2-3,5-8,17,19-21H,4,9-11H2,1H3/q+1/b18-12+. The van der Waals surface area contributed by atoms with Gasteiger partial charge in [-0.2, -0.15) is 0 Å². The van der Waals surface area contributed by atoms with Crippen LogP contribution < -0.4 is 10.2 Å². The maximum Gasteiger partial charge on any atom is 0.324 e. The molecule has 0 amide bonds. The van der Waals surface area contributed by atoms with Gasteiger partial charge in [0.2, 0.25) is 5.71 Å². The summed E-state index contributed by atoms with van der Waals surface area (Å²) < 4.78 is 11.7. The molecule has 0 spiro atoms. The molecule has 1 aliphatic carbocycles. The fourth-order valence-electron chi connectivity index (χ4n) is 2.19. The van der Waals surface area contributed by atoms with Gasteiger partial charge in [0.25, 0.3) is 0 Å². The Labute approximate surface area is 134 Å². The summed E-state index contributed by atoms with van der Waals surface area (Å²) in [7, 11) is 1.57. The molecule has 0 bridgehead atoms. The Morgan fingerprint density at radius 3 is 2.87 bits per heavy atom. The number of rotatable bonds is 7. The van der Waals surface area contributed by atoms with Gasteiger partial charge in [0.05, 0.1) is 20.1 Å². The molecule has 2 rings (SSSR count). The van der Waals surface area contributed by atoms with Gasteiger partial charge in [-0.05, 0) is 18.2 Å². The number of nitrogens with one attached hydrogen (secondary N) is 1. The van der Waals surface area contributed by atoms with E-state index in [9.17, 15) is 10.4 Å². The average molecular weight is 321 g/mol. The molecule has 0 saturated heterocycles. The first-order valence-corrected chi connectivity index (χ1v) is 7.24. The number of hydrogen-bond donors (Lipinski definition) is 4. The van der Waals surface area contributed by atoms with Crippen LogP contribution in [0.4, 0.5) is 11.4 Å². The maximum absolute atomic E-state index is 10.6. The van der Waals surface area contributed by atoms with E-state index in [1.165, 1.54) is 0 Å². The van der Waals surface area contributed by atoms with Crippen molar-refractivity contribution in [2.45, 2.75) is 12.8 Å². The van der Waals surface area contributed by atoms with Crippen molar-refractivity contribution in [3.63, 3.8) is 0 Å². The normalized spacial score (nSPS) is 15.9. The fraction of sp³-hybridized carbons (Fsp3) is 0.312. The summed E-state index contributed by atoms with van der Waals surface area (Å²) in [4.78, 5) is 0. The number of aliphatic hydroxyl groups excluding tert-OH is 1. The fourth-order valence-corrected chi connectivity index (χ4v) is 2.19. The summed E-state index contributed by atoms with van der Waals surface area (Å²) in [5.41, 5.74) is 3.20. The second-order valence-corrected chi connectivity index (χ2v) is 4.87. The van der Waals surface area contributed by atoms with Crippen LogP contribution in [-0.4, -0.2) is 46.3 Å². The number of methoxy groups -OCH3 is 1. The van der Waals surface area contributed by atoms with Crippen LogP contribution in [0.2, 0.25) is 0 Å². The number of para-hydroxylation sites is 1. The molecule has 124 valence electrons. The summed E-state index contributed by atoms with van der Waals surface area (Å²) in [6.07, 6.45) is 6.19. The summed E-state index contributed by atoms with van der Waals surface area (Å²) >= 11 is 0. The summed E-state index contributed by atoms with van der Waals surface area (Å²) in [5.74, 6) is 1.09. The predicted molar refractivity (Wildman–Crippen MR) is 84.6 cm³/mol. The van der Waals surface area contributed by atoms with Gasteiger partial charge in [0.1, 0.15) is 11.4 Å². The summed E-state index contributed by atoms with van der Waals surface area (Å²) in [5, 5.41) is 28.8. The monoisotopic (exact) mass is 321 g/mol. The molecule has 0 unspecified atom stereocenters. The predicted octanol–water partition coefficient (Wildman–Crippen LogP) is 2.21. The van der Waals surface area contributed by atoms with Crippen molar-refractivity contribution in [3.8, 4) is 5.75 Å². The first-order valence-electron chi connectivity index (χ1n) is 7.24. The van der Waals surface area contributed by atoms with E-state index in [1.54, 1.807) is 37.5 Å². The molecular formula is C16H21N2O5+. The largest absolute Gasteiger partial charge is 0.501 e. The van der Waals surface area contributed by atoms with Gasteiger partial charge in [-0.25, -0.2) is 0 Å².